The Kier molecular flexibility index (Phi) is 9.62. The number of nitrogens with zero attached hydrogens (tertiary/aromatic N) is 2. The number of ether oxygens (including phenoxy) is 2. The van der Waals surface area contributed by atoms with Gasteiger partial charge in [0.2, 0.25) is 21.8 Å². The second-order valence-electron chi connectivity index (χ2n) is 9.38. The van der Waals surface area contributed by atoms with Crippen molar-refractivity contribution in [3.8, 4) is 11.5 Å². The van der Waals surface area contributed by atoms with Crippen LogP contribution in [0.1, 0.15) is 33.3 Å². The molecule has 0 aromatic heterocycles. The van der Waals surface area contributed by atoms with Gasteiger partial charge in [-0.2, -0.15) is 0 Å². The van der Waals surface area contributed by atoms with Crippen molar-refractivity contribution >= 4 is 39.1 Å². The molecule has 0 radical (unpaired) electrons. The summed E-state index contributed by atoms with van der Waals surface area (Å²) in [4.78, 5) is 27.9. The smallest absolute Gasteiger partial charge is 0.244 e. The Labute approximate surface area is 218 Å². The van der Waals surface area contributed by atoms with E-state index in [2.05, 4.69) is 5.32 Å². The molecule has 0 fully saturated rings. The summed E-state index contributed by atoms with van der Waals surface area (Å²) in [6.07, 6.45) is 1.00. The molecule has 0 aliphatic rings. The SMILES string of the molecule is COc1cccc(CN(C(=O)CN(c2ccc(OC)c(Cl)c2)S(C)(=O)=O)[C@@H](C)C(=O)NC(C)(C)C)c1. The maximum atomic E-state index is 13.6. The molecule has 0 unspecified atom stereocenters. The molecule has 9 nitrogen and oxygen atoms in total. The summed E-state index contributed by atoms with van der Waals surface area (Å²) >= 11 is 6.21. The quantitative estimate of drug-likeness (QED) is 0.496. The van der Waals surface area contributed by atoms with Crippen LogP contribution in [0.15, 0.2) is 42.5 Å². The second-order valence-corrected chi connectivity index (χ2v) is 11.7. The van der Waals surface area contributed by atoms with Crippen molar-refractivity contribution in [2.24, 2.45) is 0 Å². The van der Waals surface area contributed by atoms with Crippen molar-refractivity contribution in [3.05, 3.63) is 53.1 Å². The molecule has 1 atom stereocenters. The van der Waals surface area contributed by atoms with E-state index in [1.807, 2.05) is 20.8 Å². The molecule has 2 aromatic rings. The van der Waals surface area contributed by atoms with Crippen LogP contribution in [0.25, 0.3) is 0 Å². The fourth-order valence-electron chi connectivity index (χ4n) is 3.45. The number of amides is 2. The summed E-state index contributed by atoms with van der Waals surface area (Å²) in [6.45, 7) is 6.66. The van der Waals surface area contributed by atoms with Crippen LogP contribution >= 0.6 is 11.6 Å². The predicted molar refractivity (Wildman–Crippen MR) is 141 cm³/mol. The predicted octanol–water partition coefficient (Wildman–Crippen LogP) is 3.46. The molecule has 2 rings (SSSR count). The van der Waals surface area contributed by atoms with Gasteiger partial charge in [-0.1, -0.05) is 23.7 Å². The zero-order chi connectivity index (χ0) is 27.3. The highest BCUT2D eigenvalue weighted by Gasteiger charge is 2.31. The number of nitrogens with one attached hydrogen (secondary N) is 1. The number of rotatable bonds is 10. The van der Waals surface area contributed by atoms with E-state index in [0.717, 1.165) is 16.1 Å². The minimum absolute atomic E-state index is 0.0652. The molecule has 0 spiro atoms. The summed E-state index contributed by atoms with van der Waals surface area (Å²) in [5, 5.41) is 3.07. The molecule has 11 heteroatoms. The average molecular weight is 540 g/mol. The Morgan fingerprint density at radius 3 is 2.28 bits per heavy atom. The molecule has 2 aromatic carbocycles. The Morgan fingerprint density at radius 1 is 1.08 bits per heavy atom. The van der Waals surface area contributed by atoms with Gasteiger partial charge in [0, 0.05) is 12.1 Å². The van der Waals surface area contributed by atoms with Crippen molar-refractivity contribution in [3.63, 3.8) is 0 Å². The minimum Gasteiger partial charge on any atom is -0.497 e. The van der Waals surface area contributed by atoms with Gasteiger partial charge in [0.25, 0.3) is 0 Å². The number of carbonyl (C=O) groups excluding carboxylic acids is 2. The molecular formula is C25H34ClN3O6S. The second kappa shape index (κ2) is 11.8. The summed E-state index contributed by atoms with van der Waals surface area (Å²) in [5.74, 6) is 0.0357. The normalized spacial score (nSPS) is 12.4. The Hall–Kier alpha value is -2.98. The summed E-state index contributed by atoms with van der Waals surface area (Å²) in [5.41, 5.74) is 0.399. The summed E-state index contributed by atoms with van der Waals surface area (Å²) in [7, 11) is -0.899. The molecule has 0 bridgehead atoms. The van der Waals surface area contributed by atoms with E-state index in [0.29, 0.717) is 11.5 Å². The third kappa shape index (κ3) is 8.03. The van der Waals surface area contributed by atoms with Crippen LogP contribution in [0.3, 0.4) is 0 Å². The van der Waals surface area contributed by atoms with E-state index in [1.54, 1.807) is 31.2 Å². The van der Waals surface area contributed by atoms with Gasteiger partial charge in [-0.25, -0.2) is 8.42 Å². The largest absolute Gasteiger partial charge is 0.497 e. The Balaban J connectivity index is 2.45. The maximum Gasteiger partial charge on any atom is 0.244 e. The van der Waals surface area contributed by atoms with Gasteiger partial charge in [0.05, 0.1) is 31.2 Å². The van der Waals surface area contributed by atoms with E-state index < -0.39 is 34.1 Å². The van der Waals surface area contributed by atoms with Crippen LogP contribution in [0.2, 0.25) is 5.02 Å². The van der Waals surface area contributed by atoms with Crippen LogP contribution in [0.5, 0.6) is 11.5 Å². The third-order valence-corrected chi connectivity index (χ3v) is 6.69. The van der Waals surface area contributed by atoms with E-state index in [-0.39, 0.29) is 23.2 Å². The highest BCUT2D eigenvalue weighted by molar-refractivity contribution is 7.92. The Morgan fingerprint density at radius 2 is 1.75 bits per heavy atom. The molecule has 198 valence electrons. The number of sulfonamides is 1. The fourth-order valence-corrected chi connectivity index (χ4v) is 4.54. The molecule has 0 aliphatic carbocycles. The van der Waals surface area contributed by atoms with Gasteiger partial charge in [0.15, 0.2) is 0 Å². The zero-order valence-electron chi connectivity index (χ0n) is 21.7. The molecule has 0 saturated carbocycles. The number of anilines is 1. The average Bonchev–Trinajstić information content (AvgIpc) is 2.78. The standard InChI is InChI=1S/C25H34ClN3O6S/c1-17(24(31)27-25(2,3)4)28(15-18-9-8-10-20(13-18)34-5)23(30)16-29(36(7,32)33)19-11-12-22(35-6)21(26)14-19/h8-14,17H,15-16H2,1-7H3,(H,27,31)/t17-/m0/s1. The minimum atomic E-state index is -3.88. The number of hydrogen-bond donors (Lipinski definition) is 1. The fraction of sp³-hybridized carbons (Fsp3) is 0.440. The van der Waals surface area contributed by atoms with Crippen molar-refractivity contribution in [2.75, 3.05) is 31.3 Å². The highest BCUT2D eigenvalue weighted by Crippen LogP contribution is 2.30. The van der Waals surface area contributed by atoms with E-state index in [9.17, 15) is 18.0 Å². The van der Waals surface area contributed by atoms with Gasteiger partial charge < -0.3 is 19.7 Å². The van der Waals surface area contributed by atoms with Crippen molar-refractivity contribution in [1.29, 1.82) is 0 Å². The van der Waals surface area contributed by atoms with Crippen molar-refractivity contribution in [2.45, 2.75) is 45.8 Å². The summed E-state index contributed by atoms with van der Waals surface area (Å²) < 4.78 is 36.7. The van der Waals surface area contributed by atoms with Crippen LogP contribution in [0.4, 0.5) is 5.69 Å². The van der Waals surface area contributed by atoms with E-state index in [1.165, 1.54) is 37.3 Å². The molecule has 0 aliphatic heterocycles. The number of hydrogen-bond acceptors (Lipinski definition) is 6. The summed E-state index contributed by atoms with van der Waals surface area (Å²) in [6, 6.07) is 10.7. The maximum absolute atomic E-state index is 13.6. The zero-order valence-corrected chi connectivity index (χ0v) is 23.2. The molecular weight excluding hydrogens is 506 g/mol. The first-order valence-electron chi connectivity index (χ1n) is 11.2. The monoisotopic (exact) mass is 539 g/mol. The number of halogens is 1. The van der Waals surface area contributed by atoms with Crippen LogP contribution in [-0.2, 0) is 26.2 Å². The number of benzene rings is 2. The lowest BCUT2D eigenvalue weighted by atomic mass is 10.1. The van der Waals surface area contributed by atoms with E-state index in [4.69, 9.17) is 21.1 Å². The first kappa shape index (κ1) is 29.3. The van der Waals surface area contributed by atoms with Crippen molar-refractivity contribution < 1.29 is 27.5 Å². The first-order valence-corrected chi connectivity index (χ1v) is 13.4. The van der Waals surface area contributed by atoms with Gasteiger partial charge >= 0.3 is 0 Å². The molecule has 0 heterocycles. The van der Waals surface area contributed by atoms with Gasteiger partial charge in [-0.15, -0.1) is 0 Å². The number of carbonyl (C=O) groups is 2. The Bertz CT molecular complexity index is 1200. The van der Waals surface area contributed by atoms with Crippen LogP contribution in [0, 0.1) is 0 Å². The lowest BCUT2D eigenvalue weighted by molar-refractivity contribution is -0.140. The van der Waals surface area contributed by atoms with E-state index >= 15 is 0 Å². The van der Waals surface area contributed by atoms with Crippen molar-refractivity contribution in [1.82, 2.24) is 10.2 Å². The lowest BCUT2D eigenvalue weighted by Crippen LogP contribution is -2.54. The lowest BCUT2D eigenvalue weighted by Gasteiger charge is -2.33. The van der Waals surface area contributed by atoms with Gasteiger partial charge in [0.1, 0.15) is 24.1 Å². The molecule has 36 heavy (non-hydrogen) atoms. The van der Waals surface area contributed by atoms with Gasteiger partial charge in [-0.3, -0.25) is 13.9 Å². The molecule has 0 saturated heterocycles. The highest BCUT2D eigenvalue weighted by atomic mass is 35.5. The van der Waals surface area contributed by atoms with Gasteiger partial charge in [-0.05, 0) is 63.6 Å². The first-order chi connectivity index (χ1) is 16.7. The number of methoxy groups -OCH3 is 2. The third-order valence-electron chi connectivity index (χ3n) is 5.26. The topological polar surface area (TPSA) is 105 Å². The molecule has 2 amide bonds. The van der Waals surface area contributed by atoms with Crippen LogP contribution < -0.4 is 19.1 Å². The van der Waals surface area contributed by atoms with Crippen LogP contribution in [-0.4, -0.2) is 63.7 Å². The molecule has 1 N–H and O–H groups in total.